The zero-order chi connectivity index (χ0) is 15.0. The maximum atomic E-state index is 5.90. The van der Waals surface area contributed by atoms with Gasteiger partial charge in [-0.25, -0.2) is 0 Å². The Morgan fingerprint density at radius 2 is 1.95 bits per heavy atom. The van der Waals surface area contributed by atoms with Crippen LogP contribution in [0.1, 0.15) is 38.3 Å². The summed E-state index contributed by atoms with van der Waals surface area (Å²) < 4.78 is 16.6. The van der Waals surface area contributed by atoms with Gasteiger partial charge in [-0.1, -0.05) is 13.3 Å². The van der Waals surface area contributed by atoms with Gasteiger partial charge < -0.3 is 19.5 Å². The minimum Gasteiger partial charge on any atom is -0.497 e. The van der Waals surface area contributed by atoms with Gasteiger partial charge in [0.25, 0.3) is 0 Å². The summed E-state index contributed by atoms with van der Waals surface area (Å²) in [5, 5.41) is 3.28. The molecule has 0 fully saturated rings. The second kappa shape index (κ2) is 8.82. The van der Waals surface area contributed by atoms with Crippen LogP contribution < -0.4 is 14.8 Å². The quantitative estimate of drug-likeness (QED) is 0.754. The normalized spacial score (nSPS) is 13.8. The van der Waals surface area contributed by atoms with Crippen molar-refractivity contribution in [2.24, 2.45) is 0 Å². The van der Waals surface area contributed by atoms with E-state index in [2.05, 4.69) is 19.2 Å². The van der Waals surface area contributed by atoms with Gasteiger partial charge in [-0.3, -0.25) is 0 Å². The summed E-state index contributed by atoms with van der Waals surface area (Å²) in [5.74, 6) is 1.61. The third kappa shape index (κ3) is 4.69. The van der Waals surface area contributed by atoms with Gasteiger partial charge in [0.1, 0.15) is 11.5 Å². The predicted molar refractivity (Wildman–Crippen MR) is 81.7 cm³/mol. The summed E-state index contributed by atoms with van der Waals surface area (Å²) in [5.41, 5.74) is 1.08. The molecule has 4 nitrogen and oxygen atoms in total. The number of rotatable bonds is 9. The highest BCUT2D eigenvalue weighted by Gasteiger charge is 2.16. The molecule has 0 aromatic heterocycles. The maximum Gasteiger partial charge on any atom is 0.127 e. The molecular formula is C16H27NO3. The van der Waals surface area contributed by atoms with E-state index in [1.54, 1.807) is 14.2 Å². The fourth-order valence-corrected chi connectivity index (χ4v) is 2.19. The Labute approximate surface area is 122 Å². The zero-order valence-corrected chi connectivity index (χ0v) is 13.2. The zero-order valence-electron chi connectivity index (χ0n) is 13.2. The fraction of sp³-hybridized carbons (Fsp3) is 0.625. The maximum absolute atomic E-state index is 5.90. The molecule has 20 heavy (non-hydrogen) atoms. The van der Waals surface area contributed by atoms with Crippen molar-refractivity contribution in [2.75, 3.05) is 27.9 Å². The number of ether oxygens (including phenoxy) is 3. The Balaban J connectivity index is 2.78. The predicted octanol–water partition coefficient (Wildman–Crippen LogP) is 3.17. The van der Waals surface area contributed by atoms with Gasteiger partial charge in [0, 0.05) is 11.6 Å². The average molecular weight is 281 g/mol. The molecule has 2 atom stereocenters. The molecule has 0 radical (unpaired) electrons. The van der Waals surface area contributed by atoms with Crippen LogP contribution in [0.3, 0.4) is 0 Å². The van der Waals surface area contributed by atoms with E-state index in [0.717, 1.165) is 29.9 Å². The molecule has 0 bridgehead atoms. The third-order valence-corrected chi connectivity index (χ3v) is 3.41. The molecule has 1 aromatic rings. The van der Waals surface area contributed by atoms with Gasteiger partial charge in [0.15, 0.2) is 0 Å². The van der Waals surface area contributed by atoms with E-state index < -0.39 is 0 Å². The van der Waals surface area contributed by atoms with Crippen LogP contribution >= 0.6 is 0 Å². The SMILES string of the molecule is CCCC(C)OCC(NC)c1ccc(OC)cc1OC. The summed E-state index contributed by atoms with van der Waals surface area (Å²) in [6, 6.07) is 5.97. The van der Waals surface area contributed by atoms with Crippen molar-refractivity contribution in [3.8, 4) is 11.5 Å². The van der Waals surface area contributed by atoms with Crippen molar-refractivity contribution in [1.29, 1.82) is 0 Å². The van der Waals surface area contributed by atoms with E-state index in [0.29, 0.717) is 6.61 Å². The van der Waals surface area contributed by atoms with Crippen LogP contribution in [-0.2, 0) is 4.74 Å². The van der Waals surface area contributed by atoms with Crippen LogP contribution in [0.15, 0.2) is 18.2 Å². The molecule has 2 unspecified atom stereocenters. The lowest BCUT2D eigenvalue weighted by Crippen LogP contribution is -2.24. The lowest BCUT2D eigenvalue weighted by Gasteiger charge is -2.22. The minimum absolute atomic E-state index is 0.107. The second-order valence-electron chi connectivity index (χ2n) is 4.88. The first-order chi connectivity index (χ1) is 9.65. The number of hydrogen-bond donors (Lipinski definition) is 1. The summed E-state index contributed by atoms with van der Waals surface area (Å²) >= 11 is 0. The van der Waals surface area contributed by atoms with Crippen LogP contribution in [0.25, 0.3) is 0 Å². The van der Waals surface area contributed by atoms with Crippen molar-refractivity contribution < 1.29 is 14.2 Å². The first-order valence-corrected chi connectivity index (χ1v) is 7.17. The van der Waals surface area contributed by atoms with E-state index in [1.165, 1.54) is 0 Å². The third-order valence-electron chi connectivity index (χ3n) is 3.41. The smallest absolute Gasteiger partial charge is 0.127 e. The molecule has 0 amide bonds. The Kier molecular flexibility index (Phi) is 7.41. The van der Waals surface area contributed by atoms with Crippen LogP contribution in [0.2, 0.25) is 0 Å². The molecule has 1 N–H and O–H groups in total. The van der Waals surface area contributed by atoms with Gasteiger partial charge in [0.2, 0.25) is 0 Å². The largest absolute Gasteiger partial charge is 0.497 e. The van der Waals surface area contributed by atoms with Gasteiger partial charge in [-0.2, -0.15) is 0 Å². The summed E-state index contributed by atoms with van der Waals surface area (Å²) in [7, 11) is 5.26. The van der Waals surface area contributed by atoms with Crippen LogP contribution in [0.5, 0.6) is 11.5 Å². The minimum atomic E-state index is 0.107. The van der Waals surface area contributed by atoms with E-state index in [4.69, 9.17) is 14.2 Å². The molecule has 0 aliphatic rings. The lowest BCUT2D eigenvalue weighted by atomic mass is 10.1. The van der Waals surface area contributed by atoms with Gasteiger partial charge in [0.05, 0.1) is 33.0 Å². The Morgan fingerprint density at radius 3 is 2.50 bits per heavy atom. The summed E-state index contributed by atoms with van der Waals surface area (Å²) in [6.45, 7) is 4.91. The number of hydrogen-bond acceptors (Lipinski definition) is 4. The van der Waals surface area contributed by atoms with Crippen molar-refractivity contribution in [1.82, 2.24) is 5.32 Å². The molecule has 0 saturated carbocycles. The Morgan fingerprint density at radius 1 is 1.20 bits per heavy atom. The van der Waals surface area contributed by atoms with E-state index in [9.17, 15) is 0 Å². The molecule has 1 rings (SSSR count). The van der Waals surface area contributed by atoms with Gasteiger partial charge in [-0.05, 0) is 32.5 Å². The van der Waals surface area contributed by atoms with E-state index in [-0.39, 0.29) is 12.1 Å². The monoisotopic (exact) mass is 281 g/mol. The Bertz CT molecular complexity index is 395. The molecule has 114 valence electrons. The first kappa shape index (κ1) is 16.8. The topological polar surface area (TPSA) is 39.7 Å². The molecule has 0 aliphatic heterocycles. The van der Waals surface area contributed by atoms with Gasteiger partial charge >= 0.3 is 0 Å². The highest BCUT2D eigenvalue weighted by atomic mass is 16.5. The lowest BCUT2D eigenvalue weighted by molar-refractivity contribution is 0.0449. The number of benzene rings is 1. The molecule has 0 spiro atoms. The molecule has 0 aliphatic carbocycles. The van der Waals surface area contributed by atoms with E-state index >= 15 is 0 Å². The Hall–Kier alpha value is -1.26. The fourth-order valence-electron chi connectivity index (χ4n) is 2.19. The highest BCUT2D eigenvalue weighted by molar-refractivity contribution is 5.42. The van der Waals surface area contributed by atoms with Crippen molar-refractivity contribution in [2.45, 2.75) is 38.8 Å². The van der Waals surface area contributed by atoms with Crippen LogP contribution in [0.4, 0.5) is 0 Å². The molecular weight excluding hydrogens is 254 g/mol. The second-order valence-corrected chi connectivity index (χ2v) is 4.88. The number of nitrogens with one attached hydrogen (secondary N) is 1. The molecule has 1 aromatic carbocycles. The number of methoxy groups -OCH3 is 2. The van der Waals surface area contributed by atoms with Crippen molar-refractivity contribution >= 4 is 0 Å². The van der Waals surface area contributed by atoms with Crippen LogP contribution in [-0.4, -0.2) is 34.0 Å². The standard InChI is InChI=1S/C16H27NO3/c1-6-7-12(2)20-11-15(17-3)14-9-8-13(18-4)10-16(14)19-5/h8-10,12,15,17H,6-7,11H2,1-5H3. The average Bonchev–Trinajstić information content (AvgIpc) is 2.48. The summed E-state index contributed by atoms with van der Waals surface area (Å²) in [6.07, 6.45) is 2.49. The van der Waals surface area contributed by atoms with Gasteiger partial charge in [-0.15, -0.1) is 0 Å². The molecule has 4 heteroatoms. The molecule has 0 heterocycles. The van der Waals surface area contributed by atoms with Crippen molar-refractivity contribution in [3.05, 3.63) is 23.8 Å². The highest BCUT2D eigenvalue weighted by Crippen LogP contribution is 2.29. The molecule has 0 saturated heterocycles. The van der Waals surface area contributed by atoms with E-state index in [1.807, 2.05) is 25.2 Å². The number of likely N-dealkylation sites (N-methyl/N-ethyl adjacent to an activating group) is 1. The van der Waals surface area contributed by atoms with Crippen molar-refractivity contribution in [3.63, 3.8) is 0 Å². The van der Waals surface area contributed by atoms with Crippen LogP contribution in [0, 0.1) is 0 Å². The first-order valence-electron chi connectivity index (χ1n) is 7.17. The summed E-state index contributed by atoms with van der Waals surface area (Å²) in [4.78, 5) is 0.